The molecular formula is C22H16Cl2F4N2O3S2. The molecule has 1 amide bonds. The number of nitrogens with zero attached hydrogens (tertiary/aromatic N) is 1. The molecule has 1 atom stereocenters. The number of hydrogen-bond acceptors (Lipinski definition) is 5. The highest BCUT2D eigenvalue weighted by atomic mass is 35.5. The van der Waals surface area contributed by atoms with Gasteiger partial charge in [-0.3, -0.25) is 9.79 Å². The molecule has 0 spiro atoms. The Hall–Kier alpha value is -2.21. The molecule has 0 saturated heterocycles. The Morgan fingerprint density at radius 3 is 2.46 bits per heavy atom. The van der Waals surface area contributed by atoms with Gasteiger partial charge >= 0.3 is 6.18 Å². The predicted molar refractivity (Wildman–Crippen MR) is 126 cm³/mol. The number of hydrogen-bond donors (Lipinski definition) is 1. The molecule has 1 unspecified atom stereocenters. The van der Waals surface area contributed by atoms with Crippen molar-refractivity contribution in [2.75, 3.05) is 12.3 Å². The second-order valence-electron chi connectivity index (χ2n) is 7.85. The summed E-state index contributed by atoms with van der Waals surface area (Å²) in [5.74, 6) is -2.48. The molecule has 2 heterocycles. The van der Waals surface area contributed by atoms with E-state index in [4.69, 9.17) is 23.2 Å². The zero-order valence-corrected chi connectivity index (χ0v) is 20.8. The number of rotatable bonds is 6. The molecular weight excluding hydrogens is 551 g/mol. The molecule has 1 N–H and O–H groups in total. The standard InChI is InChI=1S/C22H16Cl2F4N2O3S2/c23-15-7-18(34-21(15)24)35(32,33)10-17(31)29-9-16(25)14-6-3-12-8-30-20(19(12)14)11-1-4-13(5-2-11)22(26,27)28/h1-2,4-5,7-8,20H,3,6,9-10H2,(H,29,31)/b16-14-. The van der Waals surface area contributed by atoms with E-state index in [0.29, 0.717) is 29.6 Å². The van der Waals surface area contributed by atoms with E-state index >= 15 is 4.39 Å². The molecule has 0 fully saturated rings. The Bertz CT molecular complexity index is 1360. The van der Waals surface area contributed by atoms with Crippen molar-refractivity contribution in [2.24, 2.45) is 4.99 Å². The van der Waals surface area contributed by atoms with Gasteiger partial charge in [-0.2, -0.15) is 13.2 Å². The maximum Gasteiger partial charge on any atom is 0.416 e. The van der Waals surface area contributed by atoms with Crippen LogP contribution in [0.3, 0.4) is 0 Å². The molecule has 13 heteroatoms. The fourth-order valence-corrected chi connectivity index (χ4v) is 7.01. The molecule has 1 aromatic carbocycles. The van der Waals surface area contributed by atoms with E-state index in [-0.39, 0.29) is 13.6 Å². The Morgan fingerprint density at radius 2 is 1.86 bits per heavy atom. The van der Waals surface area contributed by atoms with Gasteiger partial charge in [0.1, 0.15) is 26.2 Å². The molecule has 2 aromatic rings. The lowest BCUT2D eigenvalue weighted by Gasteiger charge is -2.16. The van der Waals surface area contributed by atoms with Crippen LogP contribution < -0.4 is 5.32 Å². The highest BCUT2D eigenvalue weighted by Crippen LogP contribution is 2.46. The summed E-state index contributed by atoms with van der Waals surface area (Å²) in [6, 6.07) is 5.02. The topological polar surface area (TPSA) is 75.6 Å². The monoisotopic (exact) mass is 566 g/mol. The van der Waals surface area contributed by atoms with Gasteiger partial charge in [0.15, 0.2) is 9.84 Å². The minimum Gasteiger partial charge on any atom is -0.349 e. The van der Waals surface area contributed by atoms with Crippen LogP contribution in [0.2, 0.25) is 9.36 Å². The summed E-state index contributed by atoms with van der Waals surface area (Å²) in [4.78, 5) is 16.5. The van der Waals surface area contributed by atoms with Crippen LogP contribution in [0.5, 0.6) is 0 Å². The van der Waals surface area contributed by atoms with Gasteiger partial charge in [0.2, 0.25) is 5.91 Å². The van der Waals surface area contributed by atoms with Crippen LogP contribution in [-0.2, 0) is 20.8 Å². The van der Waals surface area contributed by atoms with Gasteiger partial charge in [-0.25, -0.2) is 12.8 Å². The fraction of sp³-hybridized carbons (Fsp3) is 0.273. The largest absolute Gasteiger partial charge is 0.416 e. The molecule has 0 bridgehead atoms. The summed E-state index contributed by atoms with van der Waals surface area (Å²) in [5, 5.41) is 2.32. The van der Waals surface area contributed by atoms with Crippen molar-refractivity contribution in [1.82, 2.24) is 5.32 Å². The first-order valence-electron chi connectivity index (χ1n) is 10.1. The molecule has 0 saturated carbocycles. The lowest BCUT2D eigenvalue weighted by molar-refractivity contribution is -0.137. The van der Waals surface area contributed by atoms with Crippen LogP contribution in [0.1, 0.15) is 30.0 Å². The number of sulfone groups is 1. The first-order valence-corrected chi connectivity index (χ1v) is 13.3. The molecule has 1 aliphatic heterocycles. The van der Waals surface area contributed by atoms with E-state index in [1.165, 1.54) is 12.1 Å². The number of aliphatic imine (C=N–C) groups is 1. The molecule has 4 rings (SSSR count). The quantitative estimate of drug-likeness (QED) is 0.429. The van der Waals surface area contributed by atoms with Crippen LogP contribution in [0, 0.1) is 0 Å². The van der Waals surface area contributed by atoms with Gasteiger partial charge in [-0.05, 0) is 53.3 Å². The van der Waals surface area contributed by atoms with Gasteiger partial charge in [-0.15, -0.1) is 11.3 Å². The first-order chi connectivity index (χ1) is 16.4. The summed E-state index contributed by atoms with van der Waals surface area (Å²) in [7, 11) is -4.01. The Kier molecular flexibility index (Phi) is 7.16. The second kappa shape index (κ2) is 9.68. The number of amides is 1. The average Bonchev–Trinajstić information content (AvgIpc) is 3.47. The lowest BCUT2D eigenvalue weighted by Crippen LogP contribution is -2.31. The van der Waals surface area contributed by atoms with Crippen molar-refractivity contribution >= 4 is 56.5 Å². The van der Waals surface area contributed by atoms with Crippen LogP contribution in [0.25, 0.3) is 0 Å². The molecule has 2 aliphatic rings. The summed E-state index contributed by atoms with van der Waals surface area (Å²) < 4.78 is 78.3. The smallest absolute Gasteiger partial charge is 0.349 e. The number of carbonyl (C=O) groups excluding carboxylic acids is 1. The van der Waals surface area contributed by atoms with Crippen molar-refractivity contribution in [2.45, 2.75) is 29.3 Å². The number of thiophene rings is 1. The third-order valence-corrected chi connectivity index (χ3v) is 9.59. The van der Waals surface area contributed by atoms with Crippen LogP contribution >= 0.6 is 34.5 Å². The van der Waals surface area contributed by atoms with Crippen molar-refractivity contribution in [1.29, 1.82) is 0 Å². The van der Waals surface area contributed by atoms with E-state index in [0.717, 1.165) is 35.1 Å². The number of carbonyl (C=O) groups is 1. The van der Waals surface area contributed by atoms with Crippen molar-refractivity contribution in [3.63, 3.8) is 0 Å². The minimum absolute atomic E-state index is 0.0538. The van der Waals surface area contributed by atoms with Crippen LogP contribution in [0.15, 0.2) is 62.1 Å². The SMILES string of the molecule is O=C(CS(=O)(=O)c1cc(Cl)c(Cl)s1)NC/C(F)=C1\CCC2=C1C(c1ccc(C(F)(F)F)cc1)N=C2. The number of halogens is 6. The molecule has 186 valence electrons. The predicted octanol–water partition coefficient (Wildman–Crippen LogP) is 6.10. The number of nitrogens with one attached hydrogen (secondary N) is 1. The number of benzene rings is 1. The van der Waals surface area contributed by atoms with E-state index < -0.39 is 51.7 Å². The zero-order valence-electron chi connectivity index (χ0n) is 17.6. The lowest BCUT2D eigenvalue weighted by atomic mass is 9.94. The number of alkyl halides is 3. The molecule has 1 aliphatic carbocycles. The minimum atomic E-state index is -4.47. The second-order valence-corrected chi connectivity index (χ2v) is 12.1. The van der Waals surface area contributed by atoms with Crippen LogP contribution in [-0.4, -0.2) is 32.8 Å². The summed E-state index contributed by atoms with van der Waals surface area (Å²) in [6.07, 6.45) is -2.05. The highest BCUT2D eigenvalue weighted by molar-refractivity contribution is 7.94. The van der Waals surface area contributed by atoms with Crippen molar-refractivity contribution in [3.05, 3.63) is 73.4 Å². The van der Waals surface area contributed by atoms with Crippen molar-refractivity contribution in [3.8, 4) is 0 Å². The molecule has 0 radical (unpaired) electrons. The molecule has 1 aromatic heterocycles. The van der Waals surface area contributed by atoms with E-state index in [1.807, 2.05) is 0 Å². The summed E-state index contributed by atoms with van der Waals surface area (Å²) in [5.41, 5.74) is 1.33. The Balaban J connectivity index is 1.45. The summed E-state index contributed by atoms with van der Waals surface area (Å²) in [6.45, 7) is -0.536. The van der Waals surface area contributed by atoms with E-state index in [1.54, 1.807) is 6.21 Å². The highest BCUT2D eigenvalue weighted by Gasteiger charge is 2.34. The fourth-order valence-electron chi connectivity index (χ4n) is 3.88. The maximum atomic E-state index is 15.1. The maximum absolute atomic E-state index is 15.1. The Labute approximate surface area is 212 Å². The molecule has 35 heavy (non-hydrogen) atoms. The molecule has 5 nitrogen and oxygen atoms in total. The van der Waals surface area contributed by atoms with Gasteiger partial charge in [0.25, 0.3) is 0 Å². The third-order valence-electron chi connectivity index (χ3n) is 5.54. The van der Waals surface area contributed by atoms with Crippen molar-refractivity contribution < 1.29 is 30.8 Å². The Morgan fingerprint density at radius 1 is 1.17 bits per heavy atom. The van der Waals surface area contributed by atoms with Gasteiger partial charge in [0.05, 0.1) is 17.1 Å². The van der Waals surface area contributed by atoms with E-state index in [9.17, 15) is 26.4 Å². The summed E-state index contributed by atoms with van der Waals surface area (Å²) >= 11 is 12.3. The van der Waals surface area contributed by atoms with Crippen LogP contribution in [0.4, 0.5) is 17.6 Å². The van der Waals surface area contributed by atoms with Gasteiger partial charge < -0.3 is 5.32 Å². The zero-order chi connectivity index (χ0) is 25.5. The normalized spacial score (nSPS) is 19.3. The average molecular weight is 567 g/mol. The first kappa shape index (κ1) is 25.9. The third kappa shape index (κ3) is 5.47. The number of allylic oxidation sites excluding steroid dienone is 1. The van der Waals surface area contributed by atoms with E-state index in [2.05, 4.69) is 10.3 Å². The van der Waals surface area contributed by atoms with Gasteiger partial charge in [0, 0.05) is 6.21 Å². The van der Waals surface area contributed by atoms with Gasteiger partial charge in [-0.1, -0.05) is 35.3 Å².